The summed E-state index contributed by atoms with van der Waals surface area (Å²) in [7, 11) is 0. The van der Waals surface area contributed by atoms with Crippen molar-refractivity contribution in [2.75, 3.05) is 6.54 Å². The Balaban J connectivity index is 1.95. The molecule has 0 spiro atoms. The molecule has 1 saturated carbocycles. The predicted molar refractivity (Wildman–Crippen MR) is 69.8 cm³/mol. The van der Waals surface area contributed by atoms with E-state index in [1.165, 1.54) is 24.8 Å². The van der Waals surface area contributed by atoms with Gasteiger partial charge in [0.2, 0.25) is 0 Å². The van der Waals surface area contributed by atoms with E-state index in [4.69, 9.17) is 0 Å². The molecule has 16 heavy (non-hydrogen) atoms. The van der Waals surface area contributed by atoms with Crippen LogP contribution < -0.4 is 5.32 Å². The highest BCUT2D eigenvalue weighted by atomic mass is 14.9. The maximum Gasteiger partial charge on any atom is 0.00103 e. The third-order valence-corrected chi connectivity index (χ3v) is 3.67. The highest BCUT2D eigenvalue weighted by molar-refractivity contribution is 5.33. The van der Waals surface area contributed by atoms with Crippen molar-refractivity contribution in [3.05, 3.63) is 35.4 Å². The first-order valence-electron chi connectivity index (χ1n) is 6.43. The molecule has 0 radical (unpaired) electrons. The number of rotatable bonds is 5. The van der Waals surface area contributed by atoms with Crippen LogP contribution >= 0.6 is 0 Å². The van der Waals surface area contributed by atoms with Crippen LogP contribution in [0.4, 0.5) is 0 Å². The molecule has 0 bridgehead atoms. The van der Waals surface area contributed by atoms with Crippen LogP contribution in [0.1, 0.15) is 44.2 Å². The first-order chi connectivity index (χ1) is 7.62. The van der Waals surface area contributed by atoms with Crippen molar-refractivity contribution in [3.8, 4) is 0 Å². The molecule has 0 aromatic heterocycles. The second-order valence-electron chi connectivity index (χ2n) is 5.51. The van der Waals surface area contributed by atoms with Crippen molar-refractivity contribution in [2.24, 2.45) is 0 Å². The highest BCUT2D eigenvalue weighted by Gasteiger charge is 2.43. The van der Waals surface area contributed by atoms with Gasteiger partial charge in [0.05, 0.1) is 0 Å². The lowest BCUT2D eigenvalue weighted by molar-refractivity contribution is 0.518. The molecule has 1 heteroatoms. The first-order valence-corrected chi connectivity index (χ1v) is 6.43. The molecule has 1 N–H and O–H groups in total. The molecule has 88 valence electrons. The number of hydrogen-bond acceptors (Lipinski definition) is 1. The van der Waals surface area contributed by atoms with Gasteiger partial charge in [-0.05, 0) is 43.7 Å². The summed E-state index contributed by atoms with van der Waals surface area (Å²) in [6, 6.07) is 9.72. The fourth-order valence-corrected chi connectivity index (χ4v) is 2.34. The average Bonchev–Trinajstić information content (AvgIpc) is 2.99. The molecule has 2 rings (SSSR count). The number of hydrogen-bond donors (Lipinski definition) is 1. The molecule has 1 aliphatic carbocycles. The van der Waals surface area contributed by atoms with Gasteiger partial charge in [0, 0.05) is 6.04 Å². The third-order valence-electron chi connectivity index (χ3n) is 3.67. The molecule has 1 fully saturated rings. The molecule has 0 atom stereocenters. The zero-order valence-electron chi connectivity index (χ0n) is 10.7. The Morgan fingerprint density at radius 2 is 1.81 bits per heavy atom. The van der Waals surface area contributed by atoms with E-state index in [2.05, 4.69) is 50.4 Å². The maximum absolute atomic E-state index is 3.52. The summed E-state index contributed by atoms with van der Waals surface area (Å²) >= 11 is 0. The van der Waals surface area contributed by atoms with E-state index >= 15 is 0 Å². The number of aryl methyl sites for hydroxylation is 1. The minimum atomic E-state index is 0.510. The molecule has 0 heterocycles. The normalized spacial score (nSPS) is 17.8. The summed E-state index contributed by atoms with van der Waals surface area (Å²) in [4.78, 5) is 0. The van der Waals surface area contributed by atoms with Gasteiger partial charge in [-0.25, -0.2) is 0 Å². The Morgan fingerprint density at radius 1 is 1.19 bits per heavy atom. The third kappa shape index (κ3) is 2.65. The van der Waals surface area contributed by atoms with Gasteiger partial charge in [0.25, 0.3) is 0 Å². The molecule has 0 amide bonds. The Kier molecular flexibility index (Phi) is 3.34. The smallest absolute Gasteiger partial charge is 0.00103 e. The first kappa shape index (κ1) is 11.7. The molecular formula is C15H23N. The zero-order chi connectivity index (χ0) is 11.6. The van der Waals surface area contributed by atoms with Crippen LogP contribution in [0.25, 0.3) is 0 Å². The average molecular weight is 217 g/mol. The fraction of sp³-hybridized carbons (Fsp3) is 0.600. The van der Waals surface area contributed by atoms with Crippen molar-refractivity contribution in [1.82, 2.24) is 5.32 Å². The van der Waals surface area contributed by atoms with E-state index in [0.29, 0.717) is 11.5 Å². The van der Waals surface area contributed by atoms with Gasteiger partial charge in [-0.3, -0.25) is 0 Å². The molecule has 1 aliphatic rings. The molecule has 1 nitrogen and oxygen atoms in total. The highest BCUT2D eigenvalue weighted by Crippen LogP contribution is 2.50. The van der Waals surface area contributed by atoms with Gasteiger partial charge in [0.1, 0.15) is 0 Å². The number of nitrogens with one attached hydrogen (secondary N) is 1. The fourth-order valence-electron chi connectivity index (χ4n) is 2.34. The molecule has 1 aromatic carbocycles. The molecule has 1 aromatic rings. The largest absolute Gasteiger partial charge is 0.315 e. The molecule has 0 saturated heterocycles. The summed E-state index contributed by atoms with van der Waals surface area (Å²) in [5.74, 6) is 0. The van der Waals surface area contributed by atoms with Gasteiger partial charge in [0.15, 0.2) is 0 Å². The predicted octanol–water partition coefficient (Wildman–Crippen LogP) is 3.41. The van der Waals surface area contributed by atoms with E-state index in [-0.39, 0.29) is 0 Å². The van der Waals surface area contributed by atoms with Crippen LogP contribution in [0, 0.1) is 6.92 Å². The van der Waals surface area contributed by atoms with Crippen molar-refractivity contribution >= 4 is 0 Å². The zero-order valence-corrected chi connectivity index (χ0v) is 10.7. The van der Waals surface area contributed by atoms with Crippen LogP contribution in [0.15, 0.2) is 24.3 Å². The summed E-state index contributed by atoms with van der Waals surface area (Å²) in [6.07, 6.45) is 4.03. The Hall–Kier alpha value is -0.820. The minimum Gasteiger partial charge on any atom is -0.315 e. The van der Waals surface area contributed by atoms with Crippen LogP contribution in [0.5, 0.6) is 0 Å². The summed E-state index contributed by atoms with van der Waals surface area (Å²) < 4.78 is 0. The molecule has 0 aliphatic heterocycles. The van der Waals surface area contributed by atoms with Crippen LogP contribution in [0.3, 0.4) is 0 Å². The second kappa shape index (κ2) is 4.58. The maximum atomic E-state index is 3.52. The molecule has 0 unspecified atom stereocenters. The van der Waals surface area contributed by atoms with Gasteiger partial charge in [-0.15, -0.1) is 0 Å². The van der Waals surface area contributed by atoms with Crippen molar-refractivity contribution in [1.29, 1.82) is 0 Å². The lowest BCUT2D eigenvalue weighted by atomic mass is 9.92. The van der Waals surface area contributed by atoms with E-state index in [0.717, 1.165) is 6.54 Å². The number of benzene rings is 1. The Bertz CT molecular complexity index is 333. The van der Waals surface area contributed by atoms with Crippen LogP contribution in [-0.4, -0.2) is 12.6 Å². The lowest BCUT2D eigenvalue weighted by Crippen LogP contribution is -2.26. The van der Waals surface area contributed by atoms with Crippen LogP contribution in [0.2, 0.25) is 0 Å². The standard InChI is InChI=1S/C15H23N/c1-12(2)16-11-10-15(8-9-15)14-6-4-13(3)5-7-14/h4-7,12,16H,8-11H2,1-3H3. The van der Waals surface area contributed by atoms with E-state index in [1.54, 1.807) is 5.56 Å². The minimum absolute atomic E-state index is 0.510. The van der Waals surface area contributed by atoms with Gasteiger partial charge in [-0.1, -0.05) is 43.7 Å². The van der Waals surface area contributed by atoms with E-state index < -0.39 is 0 Å². The second-order valence-corrected chi connectivity index (χ2v) is 5.51. The van der Waals surface area contributed by atoms with E-state index in [9.17, 15) is 0 Å². The van der Waals surface area contributed by atoms with Crippen molar-refractivity contribution in [2.45, 2.75) is 51.5 Å². The monoisotopic (exact) mass is 217 g/mol. The van der Waals surface area contributed by atoms with Crippen molar-refractivity contribution < 1.29 is 0 Å². The SMILES string of the molecule is Cc1ccc(C2(CCNC(C)C)CC2)cc1. The Labute approximate surface area is 99.3 Å². The summed E-state index contributed by atoms with van der Waals surface area (Å²) in [6.45, 7) is 7.73. The quantitative estimate of drug-likeness (QED) is 0.797. The van der Waals surface area contributed by atoms with Gasteiger partial charge >= 0.3 is 0 Å². The topological polar surface area (TPSA) is 12.0 Å². The molecular weight excluding hydrogens is 194 g/mol. The van der Waals surface area contributed by atoms with Gasteiger partial charge in [-0.2, -0.15) is 0 Å². The van der Waals surface area contributed by atoms with Gasteiger partial charge < -0.3 is 5.32 Å². The Morgan fingerprint density at radius 3 is 2.31 bits per heavy atom. The van der Waals surface area contributed by atoms with Crippen molar-refractivity contribution in [3.63, 3.8) is 0 Å². The lowest BCUT2D eigenvalue weighted by Gasteiger charge is -2.17. The van der Waals surface area contributed by atoms with E-state index in [1.807, 2.05) is 0 Å². The summed E-state index contributed by atoms with van der Waals surface area (Å²) in [5.41, 5.74) is 3.42. The summed E-state index contributed by atoms with van der Waals surface area (Å²) in [5, 5.41) is 3.52. The van der Waals surface area contributed by atoms with Crippen LogP contribution in [-0.2, 0) is 5.41 Å².